The number of methoxy groups -OCH3 is 1. The minimum Gasteiger partial charge on any atom is -0.497 e. The number of carbonyl (C=O) groups excluding carboxylic acids is 3. The van der Waals surface area contributed by atoms with E-state index in [4.69, 9.17) is 4.74 Å². The summed E-state index contributed by atoms with van der Waals surface area (Å²) in [5, 5.41) is 3.52. The first-order valence-electron chi connectivity index (χ1n) is 9.73. The van der Waals surface area contributed by atoms with Gasteiger partial charge in [0, 0.05) is 6.54 Å². The molecule has 0 aromatic heterocycles. The van der Waals surface area contributed by atoms with Crippen LogP contribution in [-0.4, -0.2) is 48.5 Å². The molecule has 0 bridgehead atoms. The first-order valence-corrected chi connectivity index (χ1v) is 9.73. The van der Waals surface area contributed by atoms with Gasteiger partial charge in [-0.25, -0.2) is 4.79 Å². The van der Waals surface area contributed by atoms with Crippen molar-refractivity contribution in [3.8, 4) is 5.75 Å². The van der Waals surface area contributed by atoms with Gasteiger partial charge < -0.3 is 10.1 Å². The number of amides is 4. The van der Waals surface area contributed by atoms with Crippen LogP contribution in [0.1, 0.15) is 24.5 Å². The quantitative estimate of drug-likeness (QED) is 0.650. The molecule has 2 aromatic carbocycles. The lowest BCUT2D eigenvalue weighted by Crippen LogP contribution is -2.50. The van der Waals surface area contributed by atoms with Gasteiger partial charge in [-0.1, -0.05) is 49.4 Å². The van der Waals surface area contributed by atoms with Crippen LogP contribution < -0.4 is 15.5 Å². The summed E-state index contributed by atoms with van der Waals surface area (Å²) in [4.78, 5) is 39.8. The van der Waals surface area contributed by atoms with Crippen LogP contribution >= 0.6 is 0 Å². The lowest BCUT2D eigenvalue weighted by Gasteiger charge is -2.25. The molecule has 0 saturated carbocycles. The SMILES string of the molecule is CCC1(c2ccccc2)NC(=O)N(NC(=O)CN(C)Cc2cccc(OC)c2)C1=O. The van der Waals surface area contributed by atoms with Gasteiger partial charge in [0.15, 0.2) is 0 Å². The molecular formula is C22H26N4O4. The van der Waals surface area contributed by atoms with E-state index >= 15 is 0 Å². The Balaban J connectivity index is 1.64. The number of nitrogens with zero attached hydrogens (tertiary/aromatic N) is 2. The number of imide groups is 1. The summed E-state index contributed by atoms with van der Waals surface area (Å²) in [5.74, 6) is -0.213. The predicted octanol–water partition coefficient (Wildman–Crippen LogP) is 2.02. The highest BCUT2D eigenvalue weighted by Gasteiger charge is 2.52. The van der Waals surface area contributed by atoms with E-state index in [1.807, 2.05) is 37.3 Å². The molecule has 158 valence electrons. The first kappa shape index (κ1) is 21.3. The summed E-state index contributed by atoms with van der Waals surface area (Å²) in [6, 6.07) is 15.9. The largest absolute Gasteiger partial charge is 0.497 e. The van der Waals surface area contributed by atoms with Gasteiger partial charge in [0.25, 0.3) is 11.8 Å². The lowest BCUT2D eigenvalue weighted by molar-refractivity contribution is -0.139. The number of urea groups is 1. The Hall–Kier alpha value is -3.39. The van der Waals surface area contributed by atoms with Crippen LogP contribution in [0.2, 0.25) is 0 Å². The van der Waals surface area contributed by atoms with Crippen LogP contribution in [0.25, 0.3) is 0 Å². The van der Waals surface area contributed by atoms with E-state index in [9.17, 15) is 14.4 Å². The molecule has 2 N–H and O–H groups in total. The van der Waals surface area contributed by atoms with Gasteiger partial charge in [0.2, 0.25) is 0 Å². The van der Waals surface area contributed by atoms with Gasteiger partial charge in [0.05, 0.1) is 13.7 Å². The van der Waals surface area contributed by atoms with Gasteiger partial charge in [-0.15, -0.1) is 0 Å². The molecular weight excluding hydrogens is 384 g/mol. The van der Waals surface area contributed by atoms with Gasteiger partial charge in [-0.2, -0.15) is 5.01 Å². The van der Waals surface area contributed by atoms with E-state index < -0.39 is 23.4 Å². The molecule has 3 rings (SSSR count). The number of likely N-dealkylation sites (N-methyl/N-ethyl adjacent to an activating group) is 1. The molecule has 1 aliphatic heterocycles. The maximum absolute atomic E-state index is 13.1. The average molecular weight is 410 g/mol. The van der Waals surface area contributed by atoms with Crippen molar-refractivity contribution in [2.24, 2.45) is 0 Å². The fourth-order valence-corrected chi connectivity index (χ4v) is 3.58. The van der Waals surface area contributed by atoms with Crippen LogP contribution in [0.5, 0.6) is 5.75 Å². The van der Waals surface area contributed by atoms with E-state index in [2.05, 4.69) is 10.7 Å². The minimum atomic E-state index is -1.18. The monoisotopic (exact) mass is 410 g/mol. The van der Waals surface area contributed by atoms with Crippen molar-refractivity contribution in [1.29, 1.82) is 0 Å². The van der Waals surface area contributed by atoms with Crippen molar-refractivity contribution < 1.29 is 19.1 Å². The highest BCUT2D eigenvalue weighted by Crippen LogP contribution is 2.31. The van der Waals surface area contributed by atoms with Gasteiger partial charge in [0.1, 0.15) is 11.3 Å². The minimum absolute atomic E-state index is 0.0126. The Morgan fingerprint density at radius 1 is 1.17 bits per heavy atom. The normalized spacial score (nSPS) is 18.5. The fraction of sp³-hybridized carbons (Fsp3) is 0.318. The van der Waals surface area contributed by atoms with Crippen LogP contribution in [0.3, 0.4) is 0 Å². The van der Waals surface area contributed by atoms with Gasteiger partial charge >= 0.3 is 6.03 Å². The van der Waals surface area contributed by atoms with Crippen LogP contribution in [0.4, 0.5) is 4.79 Å². The Bertz CT molecular complexity index is 934. The number of hydrogen-bond acceptors (Lipinski definition) is 5. The molecule has 8 nitrogen and oxygen atoms in total. The molecule has 8 heteroatoms. The third-order valence-corrected chi connectivity index (χ3v) is 5.13. The second kappa shape index (κ2) is 8.96. The summed E-state index contributed by atoms with van der Waals surface area (Å²) in [5.41, 5.74) is 2.92. The van der Waals surface area contributed by atoms with E-state index in [-0.39, 0.29) is 6.54 Å². The molecule has 1 heterocycles. The summed E-state index contributed by atoms with van der Waals surface area (Å²) >= 11 is 0. The summed E-state index contributed by atoms with van der Waals surface area (Å²) in [6.45, 7) is 2.34. The van der Waals surface area contributed by atoms with Crippen LogP contribution in [0, 0.1) is 0 Å². The third kappa shape index (κ3) is 4.28. The van der Waals surface area contributed by atoms with Crippen molar-refractivity contribution in [3.63, 3.8) is 0 Å². The maximum Gasteiger partial charge on any atom is 0.344 e. The van der Waals surface area contributed by atoms with E-state index in [1.54, 1.807) is 43.3 Å². The van der Waals surface area contributed by atoms with Crippen LogP contribution in [-0.2, 0) is 21.7 Å². The molecule has 0 radical (unpaired) electrons. The predicted molar refractivity (Wildman–Crippen MR) is 111 cm³/mol. The van der Waals surface area contributed by atoms with E-state index in [1.165, 1.54) is 0 Å². The second-order valence-electron chi connectivity index (χ2n) is 7.25. The molecule has 0 spiro atoms. The maximum atomic E-state index is 13.1. The van der Waals surface area contributed by atoms with Crippen molar-refractivity contribution in [2.45, 2.75) is 25.4 Å². The Kier molecular flexibility index (Phi) is 6.37. The zero-order chi connectivity index (χ0) is 21.7. The molecule has 4 amide bonds. The number of hydrazine groups is 1. The number of hydrogen-bond donors (Lipinski definition) is 2. The average Bonchev–Trinajstić information content (AvgIpc) is 2.99. The molecule has 1 aliphatic rings. The van der Waals surface area contributed by atoms with Crippen LogP contribution in [0.15, 0.2) is 54.6 Å². The Morgan fingerprint density at radius 3 is 2.57 bits per heavy atom. The number of ether oxygens (including phenoxy) is 1. The van der Waals surface area contributed by atoms with Crippen molar-refractivity contribution in [2.75, 3.05) is 20.7 Å². The molecule has 1 saturated heterocycles. The smallest absolute Gasteiger partial charge is 0.344 e. The lowest BCUT2D eigenvalue weighted by atomic mass is 9.87. The molecule has 1 unspecified atom stereocenters. The number of benzene rings is 2. The fourth-order valence-electron chi connectivity index (χ4n) is 3.58. The number of carbonyl (C=O) groups is 3. The van der Waals surface area contributed by atoms with Gasteiger partial charge in [-0.05, 0) is 36.7 Å². The molecule has 1 fully saturated rings. The highest BCUT2D eigenvalue weighted by atomic mass is 16.5. The molecule has 2 aromatic rings. The topological polar surface area (TPSA) is 91.0 Å². The highest BCUT2D eigenvalue weighted by molar-refractivity contribution is 6.08. The molecule has 1 atom stereocenters. The molecule has 30 heavy (non-hydrogen) atoms. The zero-order valence-corrected chi connectivity index (χ0v) is 17.3. The third-order valence-electron chi connectivity index (χ3n) is 5.13. The summed E-state index contributed by atoms with van der Waals surface area (Å²) < 4.78 is 5.21. The van der Waals surface area contributed by atoms with E-state index in [0.717, 1.165) is 16.3 Å². The van der Waals surface area contributed by atoms with Crippen molar-refractivity contribution in [3.05, 3.63) is 65.7 Å². The first-order chi connectivity index (χ1) is 14.4. The Labute approximate surface area is 175 Å². The summed E-state index contributed by atoms with van der Waals surface area (Å²) in [7, 11) is 3.38. The van der Waals surface area contributed by atoms with Gasteiger partial charge in [-0.3, -0.25) is 19.9 Å². The zero-order valence-electron chi connectivity index (χ0n) is 17.3. The number of nitrogens with one attached hydrogen (secondary N) is 2. The van der Waals surface area contributed by atoms with Crippen molar-refractivity contribution in [1.82, 2.24) is 20.7 Å². The second-order valence-corrected chi connectivity index (χ2v) is 7.25. The standard InChI is InChI=1S/C22H26N4O4/c1-4-22(17-10-6-5-7-11-17)20(28)26(21(29)23-22)24-19(27)15-25(2)14-16-9-8-12-18(13-16)30-3/h5-13H,4,14-15H2,1-3H3,(H,23,29)(H,24,27). The van der Waals surface area contributed by atoms with E-state index in [0.29, 0.717) is 18.5 Å². The molecule has 0 aliphatic carbocycles. The van der Waals surface area contributed by atoms with Crippen molar-refractivity contribution >= 4 is 17.8 Å². The Morgan fingerprint density at radius 2 is 1.90 bits per heavy atom. The summed E-state index contributed by atoms with van der Waals surface area (Å²) in [6.07, 6.45) is 0.365. The number of rotatable bonds is 8.